The number of nitriles is 1. The Balaban J connectivity index is 1.93. The Morgan fingerprint density at radius 2 is 1.88 bits per heavy atom. The Bertz CT molecular complexity index is 1280. The third-order valence-corrected chi connectivity index (χ3v) is 6.29. The number of imidazole rings is 1. The molecule has 2 aromatic carbocycles. The fourth-order valence-electron chi connectivity index (χ4n) is 4.32. The SMILES string of the molecule is COc1c(C2[C@H](c3nc4cc(C#N)c(F)cc4[nH]3)O[C@@](C)(C(F)(F)F)[C@H]2C)ccc(F)c1F. The second-order valence-electron chi connectivity index (χ2n) is 8.02. The van der Waals surface area contributed by atoms with Crippen LogP contribution < -0.4 is 4.74 Å². The zero-order valence-electron chi connectivity index (χ0n) is 17.5. The molecule has 1 aliphatic rings. The van der Waals surface area contributed by atoms with Gasteiger partial charge in [0, 0.05) is 23.5 Å². The maximum absolute atomic E-state index is 14.4. The first-order valence-corrected chi connectivity index (χ1v) is 9.78. The third-order valence-electron chi connectivity index (χ3n) is 6.29. The highest BCUT2D eigenvalue weighted by atomic mass is 19.4. The molecule has 1 unspecified atom stereocenters. The van der Waals surface area contributed by atoms with Gasteiger partial charge in [-0.25, -0.2) is 13.8 Å². The molecule has 1 aliphatic heterocycles. The zero-order valence-corrected chi connectivity index (χ0v) is 17.5. The number of H-pyrrole nitrogens is 1. The fraction of sp³-hybridized carbons (Fsp3) is 0.364. The molecule has 0 radical (unpaired) electrons. The number of fused-ring (bicyclic) bond motifs is 1. The third kappa shape index (κ3) is 3.40. The number of benzene rings is 2. The summed E-state index contributed by atoms with van der Waals surface area (Å²) in [6.45, 7) is 2.15. The number of nitrogens with one attached hydrogen (secondary N) is 1. The molecule has 4 rings (SSSR count). The van der Waals surface area contributed by atoms with Gasteiger partial charge in [0.25, 0.3) is 0 Å². The Morgan fingerprint density at radius 3 is 2.48 bits per heavy atom. The molecule has 1 aromatic heterocycles. The lowest BCUT2D eigenvalue weighted by atomic mass is 9.77. The van der Waals surface area contributed by atoms with E-state index >= 15 is 0 Å². The number of methoxy groups -OCH3 is 1. The average molecular weight is 469 g/mol. The molecule has 2 heterocycles. The summed E-state index contributed by atoms with van der Waals surface area (Å²) in [4.78, 5) is 6.96. The lowest BCUT2D eigenvalue weighted by molar-refractivity contribution is -0.275. The van der Waals surface area contributed by atoms with Crippen molar-refractivity contribution < 1.29 is 35.8 Å². The van der Waals surface area contributed by atoms with Crippen molar-refractivity contribution in [2.75, 3.05) is 7.11 Å². The van der Waals surface area contributed by atoms with Crippen molar-refractivity contribution in [2.24, 2.45) is 5.92 Å². The van der Waals surface area contributed by atoms with Crippen LogP contribution in [-0.4, -0.2) is 28.9 Å². The molecule has 0 aliphatic carbocycles. The smallest absolute Gasteiger partial charge is 0.417 e. The number of aromatic nitrogens is 2. The summed E-state index contributed by atoms with van der Waals surface area (Å²) >= 11 is 0. The Labute approximate surface area is 183 Å². The highest BCUT2D eigenvalue weighted by Gasteiger charge is 2.65. The van der Waals surface area contributed by atoms with Gasteiger partial charge in [-0.1, -0.05) is 13.0 Å². The lowest BCUT2D eigenvalue weighted by Crippen LogP contribution is -2.46. The number of halogens is 6. The van der Waals surface area contributed by atoms with Crippen molar-refractivity contribution in [1.29, 1.82) is 5.26 Å². The van der Waals surface area contributed by atoms with Gasteiger partial charge in [-0.15, -0.1) is 0 Å². The van der Waals surface area contributed by atoms with Crippen LogP contribution in [-0.2, 0) is 4.74 Å². The number of hydrogen-bond acceptors (Lipinski definition) is 4. The van der Waals surface area contributed by atoms with Crippen molar-refractivity contribution in [3.8, 4) is 11.8 Å². The van der Waals surface area contributed by atoms with Crippen LogP contribution >= 0.6 is 0 Å². The fourth-order valence-corrected chi connectivity index (χ4v) is 4.32. The number of ether oxygens (including phenoxy) is 2. The molecule has 1 saturated heterocycles. The summed E-state index contributed by atoms with van der Waals surface area (Å²) in [5.74, 6) is -6.47. The van der Waals surface area contributed by atoms with Gasteiger partial charge >= 0.3 is 6.18 Å². The lowest BCUT2D eigenvalue weighted by Gasteiger charge is -2.32. The van der Waals surface area contributed by atoms with E-state index in [0.29, 0.717) is 0 Å². The average Bonchev–Trinajstić information content (AvgIpc) is 3.28. The molecule has 3 aromatic rings. The summed E-state index contributed by atoms with van der Waals surface area (Å²) in [7, 11) is 1.08. The molecule has 4 atom stereocenters. The highest BCUT2D eigenvalue weighted by molar-refractivity contribution is 5.77. The number of alkyl halides is 3. The van der Waals surface area contributed by atoms with Crippen LogP contribution in [0.1, 0.15) is 42.8 Å². The van der Waals surface area contributed by atoms with E-state index < -0.39 is 52.9 Å². The van der Waals surface area contributed by atoms with Crippen LogP contribution in [0.5, 0.6) is 5.75 Å². The summed E-state index contributed by atoms with van der Waals surface area (Å²) < 4.78 is 94.9. The normalized spacial score (nSPS) is 25.4. The number of aromatic amines is 1. The quantitative estimate of drug-likeness (QED) is 0.502. The standard InChI is InChI=1S/C22H17F6N3O2/c1-9-16(11-4-5-12(23)17(25)18(11)32-3)19(33-21(9,2)22(26,27)28)20-30-14-6-10(8-29)13(24)7-15(14)31-20/h4-7,9,16,19H,1-3H3,(H,30,31)/t9-,16?,19+,21+/m0/s1. The Kier molecular flexibility index (Phi) is 5.32. The molecular weight excluding hydrogens is 452 g/mol. The van der Waals surface area contributed by atoms with Gasteiger partial charge < -0.3 is 14.5 Å². The van der Waals surface area contributed by atoms with Crippen LogP contribution in [0.4, 0.5) is 26.3 Å². The molecule has 33 heavy (non-hydrogen) atoms. The maximum Gasteiger partial charge on any atom is 0.417 e. The number of hydrogen-bond donors (Lipinski definition) is 1. The van der Waals surface area contributed by atoms with Crippen molar-refractivity contribution in [3.63, 3.8) is 0 Å². The molecule has 0 bridgehead atoms. The van der Waals surface area contributed by atoms with Gasteiger partial charge in [-0.05, 0) is 19.1 Å². The Morgan fingerprint density at radius 1 is 1.18 bits per heavy atom. The van der Waals surface area contributed by atoms with E-state index in [9.17, 15) is 26.3 Å². The van der Waals surface area contributed by atoms with Gasteiger partial charge in [0.15, 0.2) is 17.2 Å². The van der Waals surface area contributed by atoms with E-state index in [0.717, 1.165) is 38.3 Å². The van der Waals surface area contributed by atoms with Gasteiger partial charge in [-0.3, -0.25) is 0 Å². The first kappa shape index (κ1) is 22.9. The molecule has 0 amide bonds. The van der Waals surface area contributed by atoms with Gasteiger partial charge in [-0.2, -0.15) is 22.8 Å². The molecule has 5 nitrogen and oxygen atoms in total. The maximum atomic E-state index is 14.4. The minimum atomic E-state index is -4.81. The van der Waals surface area contributed by atoms with Crippen molar-refractivity contribution >= 4 is 11.0 Å². The topological polar surface area (TPSA) is 70.9 Å². The van der Waals surface area contributed by atoms with E-state index in [-0.39, 0.29) is 28.0 Å². The first-order valence-electron chi connectivity index (χ1n) is 9.78. The van der Waals surface area contributed by atoms with Crippen LogP contribution in [0.15, 0.2) is 24.3 Å². The molecule has 174 valence electrons. The van der Waals surface area contributed by atoms with Crippen molar-refractivity contribution in [2.45, 2.75) is 37.6 Å². The van der Waals surface area contributed by atoms with Crippen LogP contribution in [0, 0.1) is 34.7 Å². The van der Waals surface area contributed by atoms with E-state index in [2.05, 4.69) is 9.97 Å². The number of rotatable bonds is 3. The number of nitrogens with zero attached hydrogens (tertiary/aromatic N) is 2. The van der Waals surface area contributed by atoms with E-state index in [1.165, 1.54) is 6.92 Å². The van der Waals surface area contributed by atoms with Crippen molar-refractivity contribution in [1.82, 2.24) is 9.97 Å². The van der Waals surface area contributed by atoms with Crippen LogP contribution in [0.3, 0.4) is 0 Å². The van der Waals surface area contributed by atoms with Crippen LogP contribution in [0.2, 0.25) is 0 Å². The molecular formula is C22H17F6N3O2. The summed E-state index contributed by atoms with van der Waals surface area (Å²) in [6.07, 6.45) is -6.21. The summed E-state index contributed by atoms with van der Waals surface area (Å²) in [6, 6.07) is 5.76. The molecule has 0 saturated carbocycles. The van der Waals surface area contributed by atoms with Gasteiger partial charge in [0.2, 0.25) is 5.82 Å². The van der Waals surface area contributed by atoms with Crippen LogP contribution in [0.25, 0.3) is 11.0 Å². The summed E-state index contributed by atoms with van der Waals surface area (Å²) in [5, 5.41) is 9.03. The monoisotopic (exact) mass is 469 g/mol. The van der Waals surface area contributed by atoms with Gasteiger partial charge in [0.1, 0.15) is 23.8 Å². The molecule has 1 fully saturated rings. The van der Waals surface area contributed by atoms with E-state index in [4.69, 9.17) is 14.7 Å². The minimum Gasteiger partial charge on any atom is -0.493 e. The predicted molar refractivity (Wildman–Crippen MR) is 104 cm³/mol. The molecule has 1 N–H and O–H groups in total. The highest BCUT2D eigenvalue weighted by Crippen LogP contribution is 2.59. The molecule has 11 heteroatoms. The van der Waals surface area contributed by atoms with Gasteiger partial charge in [0.05, 0.1) is 23.7 Å². The second kappa shape index (κ2) is 7.66. The predicted octanol–water partition coefficient (Wildman–Crippen LogP) is 5.67. The zero-order chi connectivity index (χ0) is 24.3. The van der Waals surface area contributed by atoms with E-state index in [1.54, 1.807) is 6.07 Å². The minimum absolute atomic E-state index is 0.0359. The first-order chi connectivity index (χ1) is 15.4. The Hall–Kier alpha value is -3.26. The largest absolute Gasteiger partial charge is 0.493 e. The molecule has 0 spiro atoms. The second-order valence-corrected chi connectivity index (χ2v) is 8.02. The summed E-state index contributed by atoms with van der Waals surface area (Å²) in [5.41, 5.74) is -2.73. The van der Waals surface area contributed by atoms with Crippen molar-refractivity contribution in [3.05, 3.63) is 58.7 Å². The van der Waals surface area contributed by atoms with E-state index in [1.807, 2.05) is 0 Å².